The predicted molar refractivity (Wildman–Crippen MR) is 122 cm³/mol. The first kappa shape index (κ1) is 19.8. The number of hydrogen-bond donors (Lipinski definition) is 2. The van der Waals surface area contributed by atoms with Crippen molar-refractivity contribution in [3.8, 4) is 5.69 Å². The highest BCUT2D eigenvalue weighted by atomic mass is 35.5. The lowest BCUT2D eigenvalue weighted by Gasteiger charge is -2.08. The molecule has 0 fully saturated rings. The summed E-state index contributed by atoms with van der Waals surface area (Å²) in [6.07, 6.45) is 4.79. The smallest absolute Gasteiger partial charge is 0.262 e. The lowest BCUT2D eigenvalue weighted by molar-refractivity contribution is -0.113. The first-order chi connectivity index (χ1) is 15.1. The molecule has 0 bridgehead atoms. The molecule has 0 aliphatic heterocycles. The Morgan fingerprint density at radius 3 is 2.94 bits per heavy atom. The van der Waals surface area contributed by atoms with Crippen LogP contribution in [-0.4, -0.2) is 31.4 Å². The van der Waals surface area contributed by atoms with Gasteiger partial charge in [0.1, 0.15) is 5.39 Å². The molecule has 0 saturated heterocycles. The Balaban J connectivity index is 1.34. The van der Waals surface area contributed by atoms with Gasteiger partial charge in [-0.3, -0.25) is 9.59 Å². The first-order valence-corrected chi connectivity index (χ1v) is 11.2. The molecule has 1 aliphatic rings. The molecule has 7 nitrogen and oxygen atoms in total. The van der Waals surface area contributed by atoms with Gasteiger partial charge in [0.25, 0.3) is 5.56 Å². The molecule has 2 N–H and O–H groups in total. The Hall–Kier alpha value is -3.10. The molecule has 156 valence electrons. The largest absolute Gasteiger partial charge is 0.325 e. The van der Waals surface area contributed by atoms with Crippen LogP contribution >= 0.6 is 23.4 Å². The van der Waals surface area contributed by atoms with Gasteiger partial charge in [-0.1, -0.05) is 35.5 Å². The van der Waals surface area contributed by atoms with Crippen LogP contribution in [0.25, 0.3) is 16.7 Å². The molecule has 1 aliphatic carbocycles. The Kier molecular flexibility index (Phi) is 5.25. The molecule has 0 saturated carbocycles. The Labute approximate surface area is 186 Å². The number of aromatic amines is 1. The van der Waals surface area contributed by atoms with Crippen molar-refractivity contribution in [3.63, 3.8) is 0 Å². The van der Waals surface area contributed by atoms with Crippen LogP contribution in [0, 0.1) is 0 Å². The van der Waals surface area contributed by atoms with Gasteiger partial charge >= 0.3 is 0 Å². The number of fused-ring (bicyclic) bond motifs is 2. The SMILES string of the molecule is O=C(CSc1nc2c(cnn2-c2cccc(Cl)c2)c(=O)[nH]1)Nc1ccc2c(c1)CCC2. The van der Waals surface area contributed by atoms with E-state index in [0.717, 1.165) is 24.9 Å². The van der Waals surface area contributed by atoms with Crippen molar-refractivity contribution in [3.05, 3.63) is 75.2 Å². The van der Waals surface area contributed by atoms with Crippen LogP contribution in [0.1, 0.15) is 17.5 Å². The Morgan fingerprint density at radius 2 is 2.06 bits per heavy atom. The molecule has 5 rings (SSSR count). The van der Waals surface area contributed by atoms with Crippen LogP contribution in [0.15, 0.2) is 58.6 Å². The van der Waals surface area contributed by atoms with Gasteiger partial charge in [-0.15, -0.1) is 0 Å². The van der Waals surface area contributed by atoms with Gasteiger partial charge in [0, 0.05) is 10.7 Å². The molecule has 0 unspecified atom stereocenters. The molecule has 9 heteroatoms. The van der Waals surface area contributed by atoms with Crippen LogP contribution in [0.3, 0.4) is 0 Å². The fourth-order valence-corrected chi connectivity index (χ4v) is 4.58. The summed E-state index contributed by atoms with van der Waals surface area (Å²) in [5.41, 5.74) is 4.26. The Bertz CT molecular complexity index is 1360. The number of nitrogens with one attached hydrogen (secondary N) is 2. The third-order valence-electron chi connectivity index (χ3n) is 5.19. The predicted octanol–water partition coefficient (Wildman–Crippen LogP) is 3.98. The van der Waals surface area contributed by atoms with Gasteiger partial charge in [-0.25, -0.2) is 9.67 Å². The first-order valence-electron chi connectivity index (χ1n) is 9.85. The quantitative estimate of drug-likeness (QED) is 0.353. The summed E-state index contributed by atoms with van der Waals surface area (Å²) in [7, 11) is 0. The van der Waals surface area contributed by atoms with E-state index in [4.69, 9.17) is 11.6 Å². The summed E-state index contributed by atoms with van der Waals surface area (Å²) in [5.74, 6) is -0.0364. The number of H-pyrrole nitrogens is 1. The average molecular weight is 452 g/mol. The number of aromatic nitrogens is 4. The van der Waals surface area contributed by atoms with Crippen molar-refractivity contribution in [1.29, 1.82) is 0 Å². The highest BCUT2D eigenvalue weighted by molar-refractivity contribution is 7.99. The van der Waals surface area contributed by atoms with Crippen molar-refractivity contribution in [1.82, 2.24) is 19.7 Å². The van der Waals surface area contributed by atoms with E-state index in [0.29, 0.717) is 26.9 Å². The fourth-order valence-electron chi connectivity index (χ4n) is 3.74. The van der Waals surface area contributed by atoms with E-state index in [1.807, 2.05) is 18.2 Å². The number of hydrogen-bond acceptors (Lipinski definition) is 5. The third-order valence-corrected chi connectivity index (χ3v) is 6.30. The van der Waals surface area contributed by atoms with Gasteiger partial charge in [0.2, 0.25) is 5.91 Å². The summed E-state index contributed by atoms with van der Waals surface area (Å²) in [6, 6.07) is 13.2. The fraction of sp³-hybridized carbons (Fsp3) is 0.182. The molecule has 2 aromatic carbocycles. The number of rotatable bonds is 5. The number of carbonyl (C=O) groups is 1. The summed E-state index contributed by atoms with van der Waals surface area (Å²) >= 11 is 7.25. The van der Waals surface area contributed by atoms with Crippen LogP contribution in [0.2, 0.25) is 5.02 Å². The summed E-state index contributed by atoms with van der Waals surface area (Å²) < 4.78 is 1.56. The van der Waals surface area contributed by atoms with Crippen molar-refractivity contribution < 1.29 is 4.79 Å². The van der Waals surface area contributed by atoms with E-state index < -0.39 is 0 Å². The number of aryl methyl sites for hydroxylation is 2. The van der Waals surface area contributed by atoms with Crippen molar-refractivity contribution in [2.75, 3.05) is 11.1 Å². The van der Waals surface area contributed by atoms with Crippen molar-refractivity contribution >= 4 is 46.0 Å². The molecule has 0 radical (unpaired) electrons. The number of anilines is 1. The van der Waals surface area contributed by atoms with Gasteiger partial charge in [0.15, 0.2) is 10.8 Å². The molecule has 0 atom stereocenters. The van der Waals surface area contributed by atoms with Gasteiger partial charge in [0.05, 0.1) is 17.6 Å². The molecule has 2 aromatic heterocycles. The molecule has 0 spiro atoms. The van der Waals surface area contributed by atoms with Gasteiger partial charge in [-0.05, 0) is 60.7 Å². The minimum absolute atomic E-state index is 0.122. The number of nitrogens with zero attached hydrogens (tertiary/aromatic N) is 3. The molecular formula is C22H18ClN5O2S. The third kappa shape index (κ3) is 4.08. The highest BCUT2D eigenvalue weighted by Crippen LogP contribution is 2.25. The van der Waals surface area contributed by atoms with E-state index in [9.17, 15) is 9.59 Å². The number of thioether (sulfide) groups is 1. The van der Waals surface area contributed by atoms with Crippen LogP contribution in [0.4, 0.5) is 5.69 Å². The van der Waals surface area contributed by atoms with E-state index >= 15 is 0 Å². The maximum Gasteiger partial charge on any atom is 0.262 e. The summed E-state index contributed by atoms with van der Waals surface area (Å²) in [5, 5.41) is 8.47. The van der Waals surface area contributed by atoms with Crippen molar-refractivity contribution in [2.45, 2.75) is 24.4 Å². The molecular weight excluding hydrogens is 434 g/mol. The number of carbonyl (C=O) groups excluding carboxylic acids is 1. The average Bonchev–Trinajstić information content (AvgIpc) is 3.39. The van der Waals surface area contributed by atoms with Gasteiger partial charge in [-0.2, -0.15) is 5.10 Å². The van der Waals surface area contributed by atoms with Crippen LogP contribution < -0.4 is 10.9 Å². The maximum absolute atomic E-state index is 12.5. The van der Waals surface area contributed by atoms with E-state index in [2.05, 4.69) is 26.4 Å². The van der Waals surface area contributed by atoms with Crippen LogP contribution in [-0.2, 0) is 17.6 Å². The zero-order valence-electron chi connectivity index (χ0n) is 16.4. The highest BCUT2D eigenvalue weighted by Gasteiger charge is 2.14. The normalized spacial score (nSPS) is 12.8. The lowest BCUT2D eigenvalue weighted by Crippen LogP contribution is -2.16. The van der Waals surface area contributed by atoms with Crippen LogP contribution in [0.5, 0.6) is 0 Å². The van der Waals surface area contributed by atoms with Crippen molar-refractivity contribution in [2.24, 2.45) is 0 Å². The monoisotopic (exact) mass is 451 g/mol. The minimum Gasteiger partial charge on any atom is -0.325 e. The topological polar surface area (TPSA) is 92.7 Å². The molecule has 1 amide bonds. The maximum atomic E-state index is 12.5. The summed E-state index contributed by atoms with van der Waals surface area (Å²) in [4.78, 5) is 32.1. The second-order valence-electron chi connectivity index (χ2n) is 7.32. The second kappa shape index (κ2) is 8.20. The molecule has 2 heterocycles. The lowest BCUT2D eigenvalue weighted by atomic mass is 10.1. The minimum atomic E-state index is -0.306. The molecule has 4 aromatic rings. The standard InChI is InChI=1S/C22H18ClN5O2S/c23-15-5-2-6-17(10-15)28-20-18(11-24-28)21(30)27-22(26-20)31-12-19(29)25-16-8-7-13-3-1-4-14(13)9-16/h2,5-11H,1,3-4,12H2,(H,25,29)(H,26,27,30). The molecule has 31 heavy (non-hydrogen) atoms. The van der Waals surface area contributed by atoms with E-state index in [1.165, 1.54) is 29.1 Å². The zero-order valence-corrected chi connectivity index (χ0v) is 18.0. The van der Waals surface area contributed by atoms with Gasteiger partial charge < -0.3 is 10.3 Å². The Morgan fingerprint density at radius 1 is 1.19 bits per heavy atom. The summed E-state index contributed by atoms with van der Waals surface area (Å²) in [6.45, 7) is 0. The van der Waals surface area contributed by atoms with E-state index in [-0.39, 0.29) is 17.2 Å². The zero-order chi connectivity index (χ0) is 21.4. The van der Waals surface area contributed by atoms with E-state index in [1.54, 1.807) is 22.9 Å². The number of halogens is 1. The number of benzene rings is 2. The second-order valence-corrected chi connectivity index (χ2v) is 8.72. The number of amides is 1.